The van der Waals surface area contributed by atoms with Gasteiger partial charge < -0.3 is 10.1 Å². The minimum absolute atomic E-state index is 0.0242. The molecule has 2 unspecified atom stereocenters. The van der Waals surface area contributed by atoms with Crippen molar-refractivity contribution in [1.29, 1.82) is 0 Å². The monoisotopic (exact) mass is 355 g/mol. The van der Waals surface area contributed by atoms with E-state index >= 15 is 0 Å². The molecule has 0 saturated carbocycles. The van der Waals surface area contributed by atoms with E-state index in [0.29, 0.717) is 12.2 Å². The summed E-state index contributed by atoms with van der Waals surface area (Å²) in [6.45, 7) is 11.0. The average Bonchev–Trinajstić information content (AvgIpc) is 3.04. The fraction of sp³-hybridized carbons (Fsp3) is 0.524. The molecule has 0 radical (unpaired) electrons. The van der Waals surface area contributed by atoms with Crippen molar-refractivity contribution in [3.63, 3.8) is 0 Å². The lowest BCUT2D eigenvalue weighted by Crippen LogP contribution is -2.34. The number of benzene rings is 1. The molecular weight excluding hydrogens is 326 g/mol. The molecule has 2 heterocycles. The molecule has 1 aromatic heterocycles. The topological polar surface area (TPSA) is 56.1 Å². The van der Waals surface area contributed by atoms with Gasteiger partial charge in [-0.05, 0) is 36.3 Å². The number of fused-ring (bicyclic) bond motifs is 1. The van der Waals surface area contributed by atoms with Crippen molar-refractivity contribution < 1.29 is 9.53 Å². The third-order valence-electron chi connectivity index (χ3n) is 5.15. The van der Waals surface area contributed by atoms with E-state index in [1.807, 2.05) is 11.6 Å². The Labute approximate surface area is 155 Å². The van der Waals surface area contributed by atoms with Crippen LogP contribution in [0.25, 0.3) is 0 Å². The van der Waals surface area contributed by atoms with Gasteiger partial charge in [-0.15, -0.1) is 0 Å². The van der Waals surface area contributed by atoms with Crippen LogP contribution in [0.1, 0.15) is 74.6 Å². The molecule has 2 aromatic rings. The first kappa shape index (κ1) is 18.5. The molecular formula is C21H29N3O2. The second-order valence-corrected chi connectivity index (χ2v) is 7.98. The third-order valence-corrected chi connectivity index (χ3v) is 5.15. The highest BCUT2D eigenvalue weighted by atomic mass is 16.5. The van der Waals surface area contributed by atoms with Crippen LogP contribution in [0.4, 0.5) is 5.82 Å². The Morgan fingerprint density at radius 2 is 1.96 bits per heavy atom. The zero-order chi connectivity index (χ0) is 18.9. The number of ether oxygens (including phenoxy) is 1. The summed E-state index contributed by atoms with van der Waals surface area (Å²) in [5, 5.41) is 8.06. The lowest BCUT2D eigenvalue weighted by atomic mass is 9.80. The first-order chi connectivity index (χ1) is 12.3. The van der Waals surface area contributed by atoms with Crippen LogP contribution in [0.5, 0.6) is 0 Å². The highest BCUT2D eigenvalue weighted by molar-refractivity contribution is 5.94. The van der Waals surface area contributed by atoms with E-state index in [4.69, 9.17) is 4.74 Å². The summed E-state index contributed by atoms with van der Waals surface area (Å²) < 4.78 is 7.17. The van der Waals surface area contributed by atoms with Gasteiger partial charge >= 0.3 is 5.97 Å². The molecule has 1 aromatic carbocycles. The molecule has 2 atom stereocenters. The minimum atomic E-state index is -0.323. The van der Waals surface area contributed by atoms with Crippen LogP contribution in [0.2, 0.25) is 0 Å². The van der Waals surface area contributed by atoms with Gasteiger partial charge in [0.2, 0.25) is 0 Å². The molecule has 3 rings (SSSR count). The van der Waals surface area contributed by atoms with Crippen molar-refractivity contribution in [1.82, 2.24) is 9.78 Å². The maximum atomic E-state index is 12.3. The number of aryl methyl sites for hydroxylation is 1. The van der Waals surface area contributed by atoms with Crippen LogP contribution in [0.15, 0.2) is 30.5 Å². The van der Waals surface area contributed by atoms with E-state index in [1.165, 1.54) is 11.1 Å². The zero-order valence-electron chi connectivity index (χ0n) is 16.4. The normalized spacial score (nSPS) is 19.6. The molecule has 0 aliphatic carbocycles. The molecule has 0 bridgehead atoms. The summed E-state index contributed by atoms with van der Waals surface area (Å²) in [6, 6.07) is 9.07. The quantitative estimate of drug-likeness (QED) is 0.803. The molecule has 1 N–H and O–H groups in total. The van der Waals surface area contributed by atoms with Gasteiger partial charge in [0.1, 0.15) is 11.4 Å². The highest BCUT2D eigenvalue weighted by Crippen LogP contribution is 2.44. The molecule has 0 amide bonds. The van der Waals surface area contributed by atoms with Crippen LogP contribution in [0, 0.1) is 5.41 Å². The van der Waals surface area contributed by atoms with Crippen molar-refractivity contribution in [3.05, 3.63) is 47.2 Å². The van der Waals surface area contributed by atoms with Gasteiger partial charge in [-0.2, -0.15) is 5.10 Å². The van der Waals surface area contributed by atoms with E-state index in [1.54, 1.807) is 6.20 Å². The number of aromatic nitrogens is 2. The second kappa shape index (κ2) is 7.14. The number of nitrogens with one attached hydrogen (secondary N) is 1. The third kappa shape index (κ3) is 3.48. The Kier molecular flexibility index (Phi) is 5.08. The summed E-state index contributed by atoms with van der Waals surface area (Å²) in [4.78, 5) is 12.3. The molecule has 0 fully saturated rings. The average molecular weight is 355 g/mol. The molecule has 1 aliphatic heterocycles. The lowest BCUT2D eigenvalue weighted by molar-refractivity contribution is 0.0526. The first-order valence-corrected chi connectivity index (χ1v) is 9.45. The van der Waals surface area contributed by atoms with Gasteiger partial charge in [-0.3, -0.25) is 0 Å². The lowest BCUT2D eigenvalue weighted by Gasteiger charge is -2.39. The number of rotatable bonds is 4. The Morgan fingerprint density at radius 3 is 2.54 bits per heavy atom. The fourth-order valence-corrected chi connectivity index (χ4v) is 3.57. The van der Waals surface area contributed by atoms with Crippen molar-refractivity contribution in [2.75, 3.05) is 11.9 Å². The number of hydrogen-bond donors (Lipinski definition) is 1. The summed E-state index contributed by atoms with van der Waals surface area (Å²) in [5.41, 5.74) is 3.10. The Morgan fingerprint density at radius 1 is 1.27 bits per heavy atom. The van der Waals surface area contributed by atoms with Crippen LogP contribution in [-0.4, -0.2) is 22.4 Å². The van der Waals surface area contributed by atoms with E-state index in [2.05, 4.69) is 62.4 Å². The van der Waals surface area contributed by atoms with Crippen LogP contribution in [0.3, 0.4) is 0 Å². The van der Waals surface area contributed by atoms with E-state index < -0.39 is 0 Å². The smallest absolute Gasteiger partial charge is 0.343 e. The maximum absolute atomic E-state index is 12.3. The zero-order valence-corrected chi connectivity index (χ0v) is 16.4. The molecule has 0 spiro atoms. The second-order valence-electron chi connectivity index (χ2n) is 7.98. The van der Waals surface area contributed by atoms with Crippen molar-refractivity contribution >= 4 is 11.8 Å². The number of anilines is 1. The molecule has 5 nitrogen and oxygen atoms in total. The number of esters is 1. The number of carbonyl (C=O) groups excluding carboxylic acids is 1. The summed E-state index contributed by atoms with van der Waals surface area (Å²) in [5.74, 6) is 0.440. The van der Waals surface area contributed by atoms with Gasteiger partial charge in [0.05, 0.1) is 24.9 Å². The van der Waals surface area contributed by atoms with Gasteiger partial charge in [0.25, 0.3) is 0 Å². The molecule has 0 saturated heterocycles. The number of hydrogen-bond acceptors (Lipinski definition) is 4. The van der Waals surface area contributed by atoms with Crippen LogP contribution < -0.4 is 5.32 Å². The highest BCUT2D eigenvalue weighted by Gasteiger charge is 2.37. The molecule has 5 heteroatoms. The summed E-state index contributed by atoms with van der Waals surface area (Å²) in [7, 11) is 0. The van der Waals surface area contributed by atoms with Crippen molar-refractivity contribution in [3.8, 4) is 0 Å². The van der Waals surface area contributed by atoms with Gasteiger partial charge in [0.15, 0.2) is 0 Å². The van der Waals surface area contributed by atoms with Crippen molar-refractivity contribution in [2.45, 2.75) is 59.5 Å². The fourth-order valence-electron chi connectivity index (χ4n) is 3.57. The molecule has 26 heavy (non-hydrogen) atoms. The number of nitrogens with zero attached hydrogens (tertiary/aromatic N) is 2. The summed E-state index contributed by atoms with van der Waals surface area (Å²) >= 11 is 0. The van der Waals surface area contributed by atoms with Crippen LogP contribution >= 0.6 is 0 Å². The Hall–Kier alpha value is -2.30. The van der Waals surface area contributed by atoms with Gasteiger partial charge in [-0.25, -0.2) is 9.48 Å². The van der Waals surface area contributed by atoms with E-state index in [9.17, 15) is 4.79 Å². The SMILES string of the molecule is CCOC(=O)c1cnn2c1NC(c1ccc(CC)cc1)CC2C(C)(C)C. The standard InChI is InChI=1S/C21H29N3O2/c1-6-14-8-10-15(11-9-14)17-12-18(21(3,4)5)24-19(23-17)16(13-22-24)20(25)26-7-2/h8-11,13,17-18,23H,6-7,12H2,1-5H3. The largest absolute Gasteiger partial charge is 0.462 e. The Balaban J connectivity index is 1.99. The predicted molar refractivity (Wildman–Crippen MR) is 103 cm³/mol. The number of carbonyl (C=O) groups is 1. The summed E-state index contributed by atoms with van der Waals surface area (Å²) in [6.07, 6.45) is 3.58. The maximum Gasteiger partial charge on any atom is 0.343 e. The first-order valence-electron chi connectivity index (χ1n) is 9.45. The van der Waals surface area contributed by atoms with Gasteiger partial charge in [0, 0.05) is 0 Å². The molecule has 1 aliphatic rings. The van der Waals surface area contributed by atoms with E-state index in [0.717, 1.165) is 18.7 Å². The van der Waals surface area contributed by atoms with Crippen LogP contribution in [-0.2, 0) is 11.2 Å². The van der Waals surface area contributed by atoms with Gasteiger partial charge in [-0.1, -0.05) is 52.0 Å². The van der Waals surface area contributed by atoms with E-state index in [-0.39, 0.29) is 23.5 Å². The predicted octanol–water partition coefficient (Wildman–Crippen LogP) is 4.77. The van der Waals surface area contributed by atoms with Crippen molar-refractivity contribution in [2.24, 2.45) is 5.41 Å². The Bertz CT molecular complexity index is 772. The minimum Gasteiger partial charge on any atom is -0.462 e. The molecule has 140 valence electrons.